The molecule has 0 N–H and O–H groups in total. The largest absolute Gasteiger partial charge is 0.309 e. The maximum absolute atomic E-state index is 2.57. The lowest BCUT2D eigenvalue weighted by Gasteiger charge is -2.35. The Morgan fingerprint density at radius 2 is 0.927 bits per heavy atom. The summed E-state index contributed by atoms with van der Waals surface area (Å²) in [6.07, 6.45) is 0. The summed E-state index contributed by atoms with van der Waals surface area (Å²) in [7, 11) is 0. The molecule has 260 valence electrons. The first kappa shape index (κ1) is 31.8. The Morgan fingerprint density at radius 3 is 1.67 bits per heavy atom. The van der Waals surface area contributed by atoms with Crippen LogP contribution in [0.2, 0.25) is 0 Å². The van der Waals surface area contributed by atoms with E-state index in [0.29, 0.717) is 0 Å². The van der Waals surface area contributed by atoms with E-state index >= 15 is 0 Å². The number of benzene rings is 9. The number of hydrogen-bond donors (Lipinski definition) is 0. The maximum atomic E-state index is 2.57. The molecule has 0 fully saturated rings. The topological polar surface area (TPSA) is 3.24 Å². The quantitative estimate of drug-likeness (QED) is 0.162. The van der Waals surface area contributed by atoms with Crippen LogP contribution in [-0.4, -0.2) is 0 Å². The lowest BCUT2D eigenvalue weighted by molar-refractivity contribution is 0.660. The molecule has 0 bridgehead atoms. The first-order valence-electron chi connectivity index (χ1n) is 19.4. The van der Waals surface area contributed by atoms with E-state index in [1.54, 1.807) is 0 Å². The fraction of sp³-hybridized carbons (Fsp3) is 0.0741. The normalized spacial score (nSPS) is 14.3. The average molecular weight is 702 g/mol. The summed E-state index contributed by atoms with van der Waals surface area (Å²) in [4.78, 5) is 2.57. The summed E-state index contributed by atoms with van der Waals surface area (Å²) in [6, 6.07) is 74.6. The number of nitrogens with zero attached hydrogens (tertiary/aromatic N) is 1. The molecule has 0 unspecified atom stereocenters. The molecule has 9 aromatic carbocycles. The lowest BCUT2D eigenvalue weighted by Crippen LogP contribution is -2.28. The first-order valence-corrected chi connectivity index (χ1v) is 19.4. The van der Waals surface area contributed by atoms with Crippen molar-refractivity contribution in [3.05, 3.63) is 234 Å². The molecule has 0 radical (unpaired) electrons. The minimum atomic E-state index is -0.505. The molecule has 1 heteroatoms. The van der Waals surface area contributed by atoms with Crippen molar-refractivity contribution in [1.82, 2.24) is 0 Å². The molecule has 55 heavy (non-hydrogen) atoms. The highest BCUT2D eigenvalue weighted by atomic mass is 15.1. The van der Waals surface area contributed by atoms with Gasteiger partial charge in [-0.15, -0.1) is 0 Å². The molecule has 0 atom stereocenters. The number of fused-ring (bicyclic) bond motifs is 9. The monoisotopic (exact) mass is 701 g/mol. The van der Waals surface area contributed by atoms with Crippen LogP contribution in [0.15, 0.2) is 200 Å². The molecule has 2 aliphatic carbocycles. The van der Waals surface area contributed by atoms with E-state index in [1.165, 1.54) is 88.6 Å². The Morgan fingerprint density at radius 1 is 0.364 bits per heavy atom. The summed E-state index contributed by atoms with van der Waals surface area (Å²) in [5, 5.41) is 4.98. The van der Waals surface area contributed by atoms with E-state index in [1.807, 2.05) is 0 Å². The molecule has 0 heterocycles. The number of hydrogen-bond acceptors (Lipinski definition) is 1. The average Bonchev–Trinajstić information content (AvgIpc) is 3.67. The molecule has 11 rings (SSSR count). The standard InChI is InChI=1S/C54H39N/c1-53(2)46-28-15-14-27-45(46)52-48(53)30-17-31-50(52)55(51-34-36-18-9-10-23-40(36)41-24-11-12-26-44(41)51)39-32-33-43-42-25-13-16-29-47(42)54(49(43)35-39,37-19-5-3-6-20-37)38-21-7-4-8-22-38/h3-35H,1-2H3. The van der Waals surface area contributed by atoms with Crippen LogP contribution in [0, 0.1) is 0 Å². The Hall–Kier alpha value is -6.70. The van der Waals surface area contributed by atoms with Crippen LogP contribution in [0.3, 0.4) is 0 Å². The first-order chi connectivity index (χ1) is 27.1. The van der Waals surface area contributed by atoms with Gasteiger partial charge in [-0.05, 0) is 90.5 Å². The number of rotatable bonds is 5. The Kier molecular flexibility index (Phi) is 6.88. The molecule has 1 nitrogen and oxygen atoms in total. The van der Waals surface area contributed by atoms with Gasteiger partial charge in [-0.1, -0.05) is 190 Å². The van der Waals surface area contributed by atoms with Crippen LogP contribution in [-0.2, 0) is 10.8 Å². The highest BCUT2D eigenvalue weighted by Gasteiger charge is 2.46. The van der Waals surface area contributed by atoms with Crippen molar-refractivity contribution >= 4 is 38.6 Å². The molecular formula is C54H39N. The van der Waals surface area contributed by atoms with E-state index in [9.17, 15) is 0 Å². The van der Waals surface area contributed by atoms with Crippen molar-refractivity contribution in [1.29, 1.82) is 0 Å². The van der Waals surface area contributed by atoms with E-state index in [2.05, 4.69) is 219 Å². The van der Waals surface area contributed by atoms with Gasteiger partial charge in [0.1, 0.15) is 0 Å². The van der Waals surface area contributed by atoms with Crippen LogP contribution in [0.25, 0.3) is 43.8 Å². The Labute approximate surface area is 322 Å². The van der Waals surface area contributed by atoms with Crippen LogP contribution in [0.1, 0.15) is 47.2 Å². The smallest absolute Gasteiger partial charge is 0.0714 e. The summed E-state index contributed by atoms with van der Waals surface area (Å²) in [6.45, 7) is 4.75. The van der Waals surface area contributed by atoms with Gasteiger partial charge in [0.2, 0.25) is 0 Å². The Bertz CT molecular complexity index is 2920. The SMILES string of the molecule is CC1(C)c2ccccc2-c2c(N(c3ccc4c(c3)C(c3ccccc3)(c3ccccc3)c3ccccc3-4)c3cc4ccccc4c4ccccc34)cccc21. The third-order valence-electron chi connectivity index (χ3n) is 12.5. The zero-order valence-corrected chi connectivity index (χ0v) is 31.0. The van der Waals surface area contributed by atoms with E-state index in [-0.39, 0.29) is 5.41 Å². The minimum Gasteiger partial charge on any atom is -0.309 e. The molecule has 0 aliphatic heterocycles. The van der Waals surface area contributed by atoms with Crippen molar-refractivity contribution in [3.8, 4) is 22.3 Å². The molecule has 0 spiro atoms. The van der Waals surface area contributed by atoms with Gasteiger partial charge >= 0.3 is 0 Å². The predicted octanol–water partition coefficient (Wildman–Crippen LogP) is 14.1. The maximum Gasteiger partial charge on any atom is 0.0714 e. The fourth-order valence-corrected chi connectivity index (χ4v) is 10.1. The summed E-state index contributed by atoms with van der Waals surface area (Å²) in [5.41, 5.74) is 15.9. The zero-order chi connectivity index (χ0) is 36.7. The van der Waals surface area contributed by atoms with E-state index < -0.39 is 5.41 Å². The lowest BCUT2D eigenvalue weighted by atomic mass is 9.67. The van der Waals surface area contributed by atoms with Crippen molar-refractivity contribution < 1.29 is 0 Å². The third-order valence-corrected chi connectivity index (χ3v) is 12.5. The van der Waals surface area contributed by atoms with Gasteiger partial charge in [0.25, 0.3) is 0 Å². The van der Waals surface area contributed by atoms with Gasteiger partial charge in [-0.25, -0.2) is 0 Å². The van der Waals surface area contributed by atoms with Gasteiger partial charge in [-0.3, -0.25) is 0 Å². The highest BCUT2D eigenvalue weighted by Crippen LogP contribution is 2.59. The van der Waals surface area contributed by atoms with Gasteiger partial charge in [0, 0.05) is 22.1 Å². The van der Waals surface area contributed by atoms with Gasteiger partial charge in [0.05, 0.1) is 16.8 Å². The molecule has 0 aromatic heterocycles. The van der Waals surface area contributed by atoms with Crippen molar-refractivity contribution in [3.63, 3.8) is 0 Å². The predicted molar refractivity (Wildman–Crippen MR) is 231 cm³/mol. The highest BCUT2D eigenvalue weighted by molar-refractivity contribution is 6.15. The van der Waals surface area contributed by atoms with Crippen LogP contribution >= 0.6 is 0 Å². The second-order valence-corrected chi connectivity index (χ2v) is 15.6. The summed E-state index contributed by atoms with van der Waals surface area (Å²) in [5.74, 6) is 0. The second-order valence-electron chi connectivity index (χ2n) is 15.6. The molecule has 0 amide bonds. The minimum absolute atomic E-state index is 0.131. The molecule has 0 saturated heterocycles. The number of anilines is 3. The molecule has 9 aromatic rings. The Balaban J connectivity index is 1.27. The van der Waals surface area contributed by atoms with Crippen LogP contribution in [0.4, 0.5) is 17.1 Å². The van der Waals surface area contributed by atoms with Gasteiger partial charge in [0.15, 0.2) is 0 Å². The van der Waals surface area contributed by atoms with Crippen molar-refractivity contribution in [2.75, 3.05) is 4.90 Å². The van der Waals surface area contributed by atoms with Crippen molar-refractivity contribution in [2.24, 2.45) is 0 Å². The summed E-state index contributed by atoms with van der Waals surface area (Å²) < 4.78 is 0. The summed E-state index contributed by atoms with van der Waals surface area (Å²) >= 11 is 0. The van der Waals surface area contributed by atoms with Crippen LogP contribution in [0.5, 0.6) is 0 Å². The second kappa shape index (κ2) is 11.9. The van der Waals surface area contributed by atoms with Gasteiger partial charge < -0.3 is 4.90 Å². The van der Waals surface area contributed by atoms with E-state index in [4.69, 9.17) is 0 Å². The zero-order valence-electron chi connectivity index (χ0n) is 31.0. The molecular weight excluding hydrogens is 663 g/mol. The fourth-order valence-electron chi connectivity index (χ4n) is 10.1. The van der Waals surface area contributed by atoms with E-state index in [0.717, 1.165) is 5.69 Å². The van der Waals surface area contributed by atoms with Crippen LogP contribution < -0.4 is 4.90 Å². The molecule has 2 aliphatic rings. The van der Waals surface area contributed by atoms with Gasteiger partial charge in [-0.2, -0.15) is 0 Å². The third kappa shape index (κ3) is 4.41. The molecule has 0 saturated carbocycles. The van der Waals surface area contributed by atoms with Crippen molar-refractivity contribution in [2.45, 2.75) is 24.7 Å².